The molecule has 0 aliphatic carbocycles. The molecule has 1 aliphatic heterocycles. The van der Waals surface area contributed by atoms with Crippen LogP contribution >= 0.6 is 0 Å². The Morgan fingerprint density at radius 2 is 2.22 bits per heavy atom. The van der Waals surface area contributed by atoms with E-state index in [0.717, 1.165) is 32.5 Å². The second-order valence-electron chi connectivity index (χ2n) is 5.41. The van der Waals surface area contributed by atoms with Crippen molar-refractivity contribution >= 4 is 5.91 Å². The minimum Gasteiger partial charge on any atom is -0.364 e. The van der Waals surface area contributed by atoms with E-state index in [4.69, 9.17) is 0 Å². The number of amides is 1. The minimum atomic E-state index is 0.201. The van der Waals surface area contributed by atoms with Gasteiger partial charge in [-0.05, 0) is 51.9 Å². The lowest BCUT2D eigenvalue weighted by Gasteiger charge is -2.31. The fourth-order valence-electron chi connectivity index (χ4n) is 2.46. The maximum Gasteiger partial charge on any atom is 0.223 e. The van der Waals surface area contributed by atoms with Gasteiger partial charge in [0.1, 0.15) is 0 Å². The molecule has 0 unspecified atom stereocenters. The van der Waals surface area contributed by atoms with E-state index in [1.54, 1.807) is 0 Å². The molecule has 1 aliphatic rings. The predicted octanol–water partition coefficient (Wildman–Crippen LogP) is 1.75. The van der Waals surface area contributed by atoms with Crippen molar-refractivity contribution in [1.82, 2.24) is 15.2 Å². The van der Waals surface area contributed by atoms with E-state index >= 15 is 0 Å². The lowest BCUT2D eigenvalue weighted by atomic mass is 9.95. The zero-order valence-corrected chi connectivity index (χ0v) is 11.3. The summed E-state index contributed by atoms with van der Waals surface area (Å²) in [6.45, 7) is 7.01. The molecule has 4 nitrogen and oxygen atoms in total. The van der Waals surface area contributed by atoms with Crippen molar-refractivity contribution < 1.29 is 4.79 Å². The average molecular weight is 249 g/mol. The summed E-state index contributed by atoms with van der Waals surface area (Å²) in [5.41, 5.74) is 1.25. The van der Waals surface area contributed by atoms with Crippen molar-refractivity contribution in [3.8, 4) is 0 Å². The number of hydrogen-bond acceptors (Lipinski definition) is 2. The molecule has 1 amide bonds. The molecule has 100 valence electrons. The summed E-state index contributed by atoms with van der Waals surface area (Å²) in [5, 5.41) is 3.01. The molecule has 1 fully saturated rings. The van der Waals surface area contributed by atoms with Crippen LogP contribution in [0, 0.1) is 5.92 Å². The molecule has 1 aromatic rings. The zero-order chi connectivity index (χ0) is 13.0. The number of H-pyrrole nitrogens is 1. The highest BCUT2D eigenvalue weighted by Crippen LogP contribution is 2.18. The third-order valence-electron chi connectivity index (χ3n) is 3.45. The van der Waals surface area contributed by atoms with Gasteiger partial charge in [-0.15, -0.1) is 0 Å². The van der Waals surface area contributed by atoms with Gasteiger partial charge in [0.15, 0.2) is 0 Å². The van der Waals surface area contributed by atoms with Crippen LogP contribution in [0.2, 0.25) is 0 Å². The van der Waals surface area contributed by atoms with Crippen LogP contribution < -0.4 is 5.32 Å². The van der Waals surface area contributed by atoms with E-state index < -0.39 is 0 Å². The molecule has 0 radical (unpaired) electrons. The highest BCUT2D eigenvalue weighted by molar-refractivity contribution is 5.78. The average Bonchev–Trinajstić information content (AvgIpc) is 2.82. The number of likely N-dealkylation sites (tertiary alicyclic amines) is 1. The number of rotatable bonds is 4. The Hall–Kier alpha value is -1.29. The lowest BCUT2D eigenvalue weighted by Crippen LogP contribution is -2.42. The Morgan fingerprint density at radius 3 is 2.78 bits per heavy atom. The van der Waals surface area contributed by atoms with Gasteiger partial charge in [0.05, 0.1) is 0 Å². The van der Waals surface area contributed by atoms with Gasteiger partial charge in [0.2, 0.25) is 5.91 Å². The van der Waals surface area contributed by atoms with Gasteiger partial charge in [-0.1, -0.05) is 0 Å². The van der Waals surface area contributed by atoms with Crippen molar-refractivity contribution in [3.63, 3.8) is 0 Å². The second kappa shape index (κ2) is 6.05. The first-order valence-corrected chi connectivity index (χ1v) is 6.80. The summed E-state index contributed by atoms with van der Waals surface area (Å²) in [6.07, 6.45) is 3.90. The molecule has 0 saturated carbocycles. The van der Waals surface area contributed by atoms with Gasteiger partial charge in [-0.25, -0.2) is 0 Å². The van der Waals surface area contributed by atoms with Crippen LogP contribution in [0.1, 0.15) is 32.4 Å². The van der Waals surface area contributed by atoms with Crippen LogP contribution in [-0.2, 0) is 11.3 Å². The van der Waals surface area contributed by atoms with E-state index in [0.29, 0.717) is 0 Å². The monoisotopic (exact) mass is 249 g/mol. The highest BCUT2D eigenvalue weighted by Gasteiger charge is 2.25. The van der Waals surface area contributed by atoms with Crippen molar-refractivity contribution in [1.29, 1.82) is 0 Å². The molecule has 2 heterocycles. The van der Waals surface area contributed by atoms with Gasteiger partial charge in [0, 0.05) is 30.4 Å². The maximum absolute atomic E-state index is 11.9. The lowest BCUT2D eigenvalue weighted by molar-refractivity contribution is -0.127. The SMILES string of the molecule is CC(C)NC(=O)C1CCN(Cc2ccc[nH]2)CC1. The van der Waals surface area contributed by atoms with E-state index in [1.165, 1.54) is 5.69 Å². The summed E-state index contributed by atoms with van der Waals surface area (Å²) >= 11 is 0. The first-order valence-electron chi connectivity index (χ1n) is 6.80. The molecule has 1 aromatic heterocycles. The Kier molecular flexibility index (Phi) is 4.42. The smallest absolute Gasteiger partial charge is 0.223 e. The van der Waals surface area contributed by atoms with Crippen LogP contribution in [0.25, 0.3) is 0 Å². The van der Waals surface area contributed by atoms with Crippen molar-refractivity contribution in [2.45, 2.75) is 39.3 Å². The Balaban J connectivity index is 1.76. The van der Waals surface area contributed by atoms with Gasteiger partial charge in [0.25, 0.3) is 0 Å². The number of hydrogen-bond donors (Lipinski definition) is 2. The van der Waals surface area contributed by atoms with Crippen molar-refractivity contribution in [2.24, 2.45) is 5.92 Å². The number of aromatic nitrogens is 1. The molecule has 0 atom stereocenters. The van der Waals surface area contributed by atoms with E-state index in [-0.39, 0.29) is 17.9 Å². The Morgan fingerprint density at radius 1 is 1.50 bits per heavy atom. The van der Waals surface area contributed by atoms with Gasteiger partial charge < -0.3 is 10.3 Å². The van der Waals surface area contributed by atoms with E-state index in [9.17, 15) is 4.79 Å². The van der Waals surface area contributed by atoms with Crippen LogP contribution in [0.4, 0.5) is 0 Å². The quantitative estimate of drug-likeness (QED) is 0.854. The third-order valence-corrected chi connectivity index (χ3v) is 3.45. The number of carbonyl (C=O) groups is 1. The molecular formula is C14H23N3O. The topological polar surface area (TPSA) is 48.1 Å². The molecule has 1 saturated heterocycles. The molecule has 0 spiro atoms. The first-order chi connectivity index (χ1) is 8.65. The molecule has 0 aromatic carbocycles. The minimum absolute atomic E-state index is 0.201. The summed E-state index contributed by atoms with van der Waals surface area (Å²) in [4.78, 5) is 17.5. The summed E-state index contributed by atoms with van der Waals surface area (Å²) in [6, 6.07) is 4.38. The number of aromatic amines is 1. The van der Waals surface area contributed by atoms with Crippen molar-refractivity contribution in [2.75, 3.05) is 13.1 Å². The van der Waals surface area contributed by atoms with Crippen molar-refractivity contribution in [3.05, 3.63) is 24.0 Å². The van der Waals surface area contributed by atoms with E-state index in [1.807, 2.05) is 26.1 Å². The Labute approximate surface area is 109 Å². The van der Waals surface area contributed by atoms with Gasteiger partial charge in [-0.3, -0.25) is 9.69 Å². The van der Waals surface area contributed by atoms with Gasteiger partial charge >= 0.3 is 0 Å². The van der Waals surface area contributed by atoms with Crippen LogP contribution in [-0.4, -0.2) is 34.9 Å². The maximum atomic E-state index is 11.9. The molecular weight excluding hydrogens is 226 g/mol. The molecule has 0 bridgehead atoms. The summed E-state index contributed by atoms with van der Waals surface area (Å²) in [7, 11) is 0. The third kappa shape index (κ3) is 3.60. The number of nitrogens with zero attached hydrogens (tertiary/aromatic N) is 1. The predicted molar refractivity (Wildman–Crippen MR) is 72.1 cm³/mol. The molecule has 2 N–H and O–H groups in total. The summed E-state index contributed by atoms with van der Waals surface area (Å²) < 4.78 is 0. The summed E-state index contributed by atoms with van der Waals surface area (Å²) in [5.74, 6) is 0.428. The second-order valence-corrected chi connectivity index (χ2v) is 5.41. The molecule has 18 heavy (non-hydrogen) atoms. The van der Waals surface area contributed by atoms with Crippen LogP contribution in [0.5, 0.6) is 0 Å². The number of nitrogens with one attached hydrogen (secondary N) is 2. The van der Waals surface area contributed by atoms with Crippen LogP contribution in [0.15, 0.2) is 18.3 Å². The first kappa shape index (κ1) is 13.1. The highest BCUT2D eigenvalue weighted by atomic mass is 16.1. The normalized spacial score (nSPS) is 18.2. The Bertz CT molecular complexity index is 364. The fourth-order valence-corrected chi connectivity index (χ4v) is 2.46. The number of carbonyl (C=O) groups excluding carboxylic acids is 1. The van der Waals surface area contributed by atoms with Crippen LogP contribution in [0.3, 0.4) is 0 Å². The number of piperidine rings is 1. The standard InChI is InChI=1S/C14H23N3O/c1-11(2)16-14(18)12-5-8-17(9-6-12)10-13-4-3-7-15-13/h3-4,7,11-12,15H,5-6,8-10H2,1-2H3,(H,16,18). The van der Waals surface area contributed by atoms with E-state index in [2.05, 4.69) is 21.3 Å². The molecule has 2 rings (SSSR count). The van der Waals surface area contributed by atoms with Gasteiger partial charge in [-0.2, -0.15) is 0 Å². The zero-order valence-electron chi connectivity index (χ0n) is 11.3. The molecule has 4 heteroatoms. The largest absolute Gasteiger partial charge is 0.364 e. The fraction of sp³-hybridized carbons (Fsp3) is 0.643.